The van der Waals surface area contributed by atoms with Crippen molar-refractivity contribution in [3.63, 3.8) is 0 Å². The topological polar surface area (TPSA) is 50.9 Å². The van der Waals surface area contributed by atoms with Crippen LogP contribution in [0.3, 0.4) is 0 Å². The van der Waals surface area contributed by atoms with Gasteiger partial charge in [0.1, 0.15) is 5.82 Å². The van der Waals surface area contributed by atoms with E-state index in [9.17, 15) is 0 Å². The van der Waals surface area contributed by atoms with Crippen molar-refractivity contribution in [2.75, 3.05) is 12.3 Å². The summed E-state index contributed by atoms with van der Waals surface area (Å²) in [5.41, 5.74) is 8.58. The van der Waals surface area contributed by atoms with Crippen LogP contribution >= 0.6 is 0 Å². The monoisotopic (exact) mass is 247 g/mol. The summed E-state index contributed by atoms with van der Waals surface area (Å²) in [6.45, 7) is 7.62. The molecule has 3 atom stereocenters. The molecule has 1 saturated carbocycles. The van der Waals surface area contributed by atoms with Crippen molar-refractivity contribution in [3.8, 4) is 0 Å². The fraction of sp³-hybridized carbons (Fsp3) is 0.667. The van der Waals surface area contributed by atoms with E-state index in [-0.39, 0.29) is 0 Å². The number of hydrogen-bond acceptors (Lipinski definition) is 3. The molecule has 1 aliphatic rings. The Bertz CT molecular complexity index is 382. The maximum absolute atomic E-state index is 6.10. The average Bonchev–Trinajstić information content (AvgIpc) is 2.74. The number of nitrogens with two attached hydrogens (primary N) is 1. The van der Waals surface area contributed by atoms with Gasteiger partial charge in [-0.3, -0.25) is 0 Å². The van der Waals surface area contributed by atoms with E-state index in [0.29, 0.717) is 17.8 Å². The fourth-order valence-corrected chi connectivity index (χ4v) is 3.27. The number of aryl methyl sites for hydroxylation is 1. The summed E-state index contributed by atoms with van der Waals surface area (Å²) in [4.78, 5) is 4.27. The first kappa shape index (κ1) is 13.3. The first-order chi connectivity index (χ1) is 8.63. The summed E-state index contributed by atoms with van der Waals surface area (Å²) in [6.07, 6.45) is 5.73. The SMILES string of the molecule is CCNC(c1c(C)ccnc1N)C1CCC(C)C1. The second-order valence-electron chi connectivity index (χ2n) is 5.64. The average molecular weight is 247 g/mol. The minimum Gasteiger partial charge on any atom is -0.383 e. The molecule has 3 heteroatoms. The van der Waals surface area contributed by atoms with Crippen molar-refractivity contribution in [1.82, 2.24) is 10.3 Å². The zero-order valence-electron chi connectivity index (χ0n) is 11.7. The third kappa shape index (κ3) is 2.66. The number of hydrogen-bond donors (Lipinski definition) is 2. The fourth-order valence-electron chi connectivity index (χ4n) is 3.27. The molecule has 1 fully saturated rings. The number of nitrogens with zero attached hydrogens (tertiary/aromatic N) is 1. The molecule has 3 nitrogen and oxygen atoms in total. The van der Waals surface area contributed by atoms with Crippen LogP contribution in [0.1, 0.15) is 50.3 Å². The smallest absolute Gasteiger partial charge is 0.128 e. The molecule has 0 saturated heterocycles. The van der Waals surface area contributed by atoms with E-state index >= 15 is 0 Å². The Morgan fingerprint density at radius 2 is 2.28 bits per heavy atom. The Labute approximate surface area is 110 Å². The molecule has 0 spiro atoms. The Morgan fingerprint density at radius 1 is 1.50 bits per heavy atom. The zero-order valence-corrected chi connectivity index (χ0v) is 11.7. The molecule has 0 aromatic carbocycles. The van der Waals surface area contributed by atoms with Crippen molar-refractivity contribution in [3.05, 3.63) is 23.4 Å². The first-order valence-corrected chi connectivity index (χ1v) is 7.07. The largest absolute Gasteiger partial charge is 0.383 e. The maximum Gasteiger partial charge on any atom is 0.128 e. The number of nitrogens with one attached hydrogen (secondary N) is 1. The van der Waals surface area contributed by atoms with Gasteiger partial charge < -0.3 is 11.1 Å². The van der Waals surface area contributed by atoms with Gasteiger partial charge in [0.15, 0.2) is 0 Å². The van der Waals surface area contributed by atoms with Gasteiger partial charge >= 0.3 is 0 Å². The molecule has 1 aromatic heterocycles. The summed E-state index contributed by atoms with van der Waals surface area (Å²) in [5.74, 6) is 2.24. The molecule has 0 bridgehead atoms. The van der Waals surface area contributed by atoms with E-state index in [1.807, 2.05) is 0 Å². The molecule has 0 radical (unpaired) electrons. The van der Waals surface area contributed by atoms with Gasteiger partial charge in [0.2, 0.25) is 0 Å². The first-order valence-electron chi connectivity index (χ1n) is 7.07. The van der Waals surface area contributed by atoms with E-state index in [4.69, 9.17) is 5.73 Å². The normalized spacial score (nSPS) is 25.3. The van der Waals surface area contributed by atoms with Gasteiger partial charge in [-0.2, -0.15) is 0 Å². The lowest BCUT2D eigenvalue weighted by molar-refractivity contribution is 0.364. The highest BCUT2D eigenvalue weighted by Crippen LogP contribution is 2.40. The number of anilines is 1. The predicted molar refractivity (Wildman–Crippen MR) is 76.3 cm³/mol. The summed E-state index contributed by atoms with van der Waals surface area (Å²) in [6, 6.07) is 2.43. The predicted octanol–water partition coefficient (Wildman–Crippen LogP) is 3.06. The molecule has 3 unspecified atom stereocenters. The van der Waals surface area contributed by atoms with E-state index < -0.39 is 0 Å². The number of nitrogen functional groups attached to an aromatic ring is 1. The molecule has 0 aliphatic heterocycles. The number of rotatable bonds is 4. The van der Waals surface area contributed by atoms with E-state index in [1.54, 1.807) is 6.20 Å². The molecule has 18 heavy (non-hydrogen) atoms. The number of pyridine rings is 1. The Balaban J connectivity index is 2.29. The van der Waals surface area contributed by atoms with Crippen LogP contribution in [0.2, 0.25) is 0 Å². The third-order valence-corrected chi connectivity index (χ3v) is 4.18. The zero-order chi connectivity index (χ0) is 13.1. The summed E-state index contributed by atoms with van der Waals surface area (Å²) >= 11 is 0. The molecule has 100 valence electrons. The van der Waals surface area contributed by atoms with E-state index in [1.165, 1.54) is 30.4 Å². The highest BCUT2D eigenvalue weighted by Gasteiger charge is 2.31. The molecular formula is C15H25N3. The number of aromatic nitrogens is 1. The lowest BCUT2D eigenvalue weighted by Crippen LogP contribution is -2.29. The molecular weight excluding hydrogens is 222 g/mol. The lowest BCUT2D eigenvalue weighted by Gasteiger charge is -2.27. The molecule has 2 rings (SSSR count). The van der Waals surface area contributed by atoms with Crippen LogP contribution in [0.4, 0.5) is 5.82 Å². The van der Waals surface area contributed by atoms with Crippen LogP contribution in [0, 0.1) is 18.8 Å². The Kier molecular flexibility index (Phi) is 4.23. The van der Waals surface area contributed by atoms with E-state index in [0.717, 1.165) is 12.5 Å². The highest BCUT2D eigenvalue weighted by atomic mass is 14.9. The van der Waals surface area contributed by atoms with Crippen LogP contribution in [0.15, 0.2) is 12.3 Å². The second kappa shape index (κ2) is 5.70. The van der Waals surface area contributed by atoms with Crippen molar-refractivity contribution in [1.29, 1.82) is 0 Å². The Hall–Kier alpha value is -1.09. The van der Waals surface area contributed by atoms with Crippen LogP contribution < -0.4 is 11.1 Å². The van der Waals surface area contributed by atoms with Gasteiger partial charge in [0, 0.05) is 17.8 Å². The minimum absolute atomic E-state index is 0.369. The molecule has 1 aromatic rings. The third-order valence-electron chi connectivity index (χ3n) is 4.18. The van der Waals surface area contributed by atoms with Gasteiger partial charge in [-0.25, -0.2) is 4.98 Å². The van der Waals surface area contributed by atoms with Gasteiger partial charge in [-0.15, -0.1) is 0 Å². The van der Waals surface area contributed by atoms with Crippen LogP contribution in [-0.2, 0) is 0 Å². The molecule has 1 heterocycles. The van der Waals surface area contributed by atoms with Gasteiger partial charge in [0.05, 0.1) is 0 Å². The summed E-state index contributed by atoms with van der Waals surface area (Å²) in [5, 5.41) is 3.62. The Morgan fingerprint density at radius 3 is 2.83 bits per heavy atom. The van der Waals surface area contributed by atoms with Gasteiger partial charge in [0.25, 0.3) is 0 Å². The lowest BCUT2D eigenvalue weighted by atomic mass is 9.89. The van der Waals surface area contributed by atoms with Crippen molar-refractivity contribution >= 4 is 5.82 Å². The van der Waals surface area contributed by atoms with Crippen LogP contribution in [0.25, 0.3) is 0 Å². The van der Waals surface area contributed by atoms with Gasteiger partial charge in [-0.05, 0) is 49.8 Å². The second-order valence-corrected chi connectivity index (χ2v) is 5.64. The van der Waals surface area contributed by atoms with Crippen molar-refractivity contribution < 1.29 is 0 Å². The summed E-state index contributed by atoms with van der Waals surface area (Å²) < 4.78 is 0. The van der Waals surface area contributed by atoms with E-state index in [2.05, 4.69) is 37.1 Å². The molecule has 3 N–H and O–H groups in total. The highest BCUT2D eigenvalue weighted by molar-refractivity contribution is 5.46. The van der Waals surface area contributed by atoms with Crippen LogP contribution in [-0.4, -0.2) is 11.5 Å². The standard InChI is InChI=1S/C15H25N3/c1-4-17-14(12-6-5-10(2)9-12)13-11(3)7-8-18-15(13)16/h7-8,10,12,14,17H,4-6,9H2,1-3H3,(H2,16,18). The van der Waals surface area contributed by atoms with Gasteiger partial charge in [-0.1, -0.05) is 20.3 Å². The van der Waals surface area contributed by atoms with Crippen molar-refractivity contribution in [2.24, 2.45) is 11.8 Å². The maximum atomic E-state index is 6.10. The van der Waals surface area contributed by atoms with Crippen molar-refractivity contribution in [2.45, 2.75) is 46.1 Å². The molecule has 1 aliphatic carbocycles. The quantitative estimate of drug-likeness (QED) is 0.859. The summed E-state index contributed by atoms with van der Waals surface area (Å²) in [7, 11) is 0. The minimum atomic E-state index is 0.369. The molecule has 0 amide bonds. The van der Waals surface area contributed by atoms with Crippen LogP contribution in [0.5, 0.6) is 0 Å².